The lowest BCUT2D eigenvalue weighted by molar-refractivity contribution is 0.631. The molecule has 28 heavy (non-hydrogen) atoms. The van der Waals surface area contributed by atoms with Crippen LogP contribution in [-0.4, -0.2) is 6.21 Å². The van der Waals surface area contributed by atoms with E-state index < -0.39 is 0 Å². The molecular formula is C26H26FN. The molecule has 0 atom stereocenters. The predicted molar refractivity (Wildman–Crippen MR) is 118 cm³/mol. The summed E-state index contributed by atoms with van der Waals surface area (Å²) in [5.74, 6) is -0.252. The van der Waals surface area contributed by atoms with E-state index in [9.17, 15) is 4.39 Å². The van der Waals surface area contributed by atoms with Crippen LogP contribution in [0.15, 0.2) is 83.9 Å². The van der Waals surface area contributed by atoms with Gasteiger partial charge in [0.05, 0.1) is 5.69 Å². The first kappa shape index (κ1) is 19.8. The molecule has 3 aromatic rings. The molecule has 0 aliphatic carbocycles. The average molecular weight is 371 g/mol. The van der Waals surface area contributed by atoms with Gasteiger partial charge in [-0.2, -0.15) is 0 Å². The van der Waals surface area contributed by atoms with E-state index in [1.165, 1.54) is 17.2 Å². The predicted octanol–water partition coefficient (Wildman–Crippen LogP) is 7.31. The molecule has 0 bridgehead atoms. The Morgan fingerprint density at radius 2 is 1.61 bits per heavy atom. The molecule has 0 fully saturated rings. The van der Waals surface area contributed by atoms with Gasteiger partial charge in [0.1, 0.15) is 5.82 Å². The molecule has 0 saturated carbocycles. The van der Waals surface area contributed by atoms with Crippen LogP contribution in [0.25, 0.3) is 11.1 Å². The zero-order chi connectivity index (χ0) is 19.8. The highest BCUT2D eigenvalue weighted by molar-refractivity contribution is 5.82. The van der Waals surface area contributed by atoms with Crippen LogP contribution in [0.1, 0.15) is 37.0 Å². The van der Waals surface area contributed by atoms with Crippen molar-refractivity contribution in [2.24, 2.45) is 4.99 Å². The number of rotatable bonds is 7. The maximum absolute atomic E-state index is 14.6. The third kappa shape index (κ3) is 5.26. The summed E-state index contributed by atoms with van der Waals surface area (Å²) in [6.07, 6.45) is 9.09. The SMILES string of the molecule is C/C=C/CCc1ccc(C=Nc2ccc(-c3ccc(CC)cc3)c(F)c2)cc1. The minimum absolute atomic E-state index is 0.252. The molecule has 142 valence electrons. The van der Waals surface area contributed by atoms with Gasteiger partial charge in [0, 0.05) is 17.8 Å². The lowest BCUT2D eigenvalue weighted by Gasteiger charge is -2.06. The molecule has 0 heterocycles. The third-order valence-electron chi connectivity index (χ3n) is 4.80. The maximum atomic E-state index is 14.6. The van der Waals surface area contributed by atoms with Crippen LogP contribution in [-0.2, 0) is 12.8 Å². The molecule has 0 radical (unpaired) electrons. The molecule has 0 amide bonds. The first-order valence-electron chi connectivity index (χ1n) is 9.82. The van der Waals surface area contributed by atoms with Crippen LogP contribution >= 0.6 is 0 Å². The zero-order valence-corrected chi connectivity index (χ0v) is 16.5. The van der Waals surface area contributed by atoms with Crippen LogP contribution in [0.3, 0.4) is 0 Å². The molecule has 0 spiro atoms. The van der Waals surface area contributed by atoms with E-state index in [2.05, 4.69) is 48.3 Å². The quantitative estimate of drug-likeness (QED) is 0.305. The standard InChI is InChI=1S/C26H26FN/c1-3-5-6-7-21-8-10-22(11-9-21)19-28-24-16-17-25(26(27)18-24)23-14-12-20(4-2)13-15-23/h3,5,8-19H,4,6-7H2,1-2H3/b5-3+,28-19?. The summed E-state index contributed by atoms with van der Waals surface area (Å²) in [7, 11) is 0. The minimum Gasteiger partial charge on any atom is -0.256 e. The molecule has 0 saturated heterocycles. The molecule has 0 aliphatic rings. The highest BCUT2D eigenvalue weighted by Gasteiger charge is 2.06. The third-order valence-corrected chi connectivity index (χ3v) is 4.80. The Balaban J connectivity index is 1.69. The fraction of sp³-hybridized carbons (Fsp3) is 0.192. The number of aliphatic imine (C=N–C) groups is 1. The van der Waals surface area contributed by atoms with Gasteiger partial charge in [-0.05, 0) is 60.6 Å². The molecule has 0 aromatic heterocycles. The molecule has 0 aliphatic heterocycles. The first-order chi connectivity index (χ1) is 13.7. The van der Waals surface area contributed by atoms with E-state index in [1.807, 2.05) is 37.3 Å². The molecular weight excluding hydrogens is 345 g/mol. The van der Waals surface area contributed by atoms with Gasteiger partial charge >= 0.3 is 0 Å². The van der Waals surface area contributed by atoms with Crippen molar-refractivity contribution in [3.63, 3.8) is 0 Å². The average Bonchev–Trinajstić information content (AvgIpc) is 2.73. The van der Waals surface area contributed by atoms with E-state index in [0.717, 1.165) is 30.4 Å². The van der Waals surface area contributed by atoms with Crippen molar-refractivity contribution in [1.29, 1.82) is 0 Å². The Bertz CT molecular complexity index is 951. The van der Waals surface area contributed by atoms with E-state index in [1.54, 1.807) is 12.3 Å². The van der Waals surface area contributed by atoms with Crippen LogP contribution in [0.5, 0.6) is 0 Å². The van der Waals surface area contributed by atoms with Crippen molar-refractivity contribution in [2.75, 3.05) is 0 Å². The van der Waals surface area contributed by atoms with Crippen molar-refractivity contribution < 1.29 is 4.39 Å². The van der Waals surface area contributed by atoms with E-state index in [-0.39, 0.29) is 5.82 Å². The topological polar surface area (TPSA) is 12.4 Å². The molecule has 3 rings (SSSR count). The van der Waals surface area contributed by atoms with Crippen molar-refractivity contribution in [1.82, 2.24) is 0 Å². The second-order valence-electron chi connectivity index (χ2n) is 6.82. The van der Waals surface area contributed by atoms with Gasteiger partial charge in [0.15, 0.2) is 0 Å². The Kier molecular flexibility index (Phi) is 6.91. The summed E-state index contributed by atoms with van der Waals surface area (Å²) in [5.41, 5.74) is 5.67. The largest absolute Gasteiger partial charge is 0.256 e. The van der Waals surface area contributed by atoms with Crippen molar-refractivity contribution in [3.8, 4) is 11.1 Å². The normalized spacial score (nSPS) is 11.5. The minimum atomic E-state index is -0.252. The lowest BCUT2D eigenvalue weighted by Crippen LogP contribution is -1.87. The highest BCUT2D eigenvalue weighted by Crippen LogP contribution is 2.27. The number of nitrogens with zero attached hydrogens (tertiary/aromatic N) is 1. The van der Waals surface area contributed by atoms with Crippen molar-refractivity contribution in [2.45, 2.75) is 33.1 Å². The fourth-order valence-corrected chi connectivity index (χ4v) is 3.07. The number of benzene rings is 3. The lowest BCUT2D eigenvalue weighted by atomic mass is 10.0. The summed E-state index contributed by atoms with van der Waals surface area (Å²) in [6.45, 7) is 4.15. The smallest absolute Gasteiger partial charge is 0.133 e. The second-order valence-corrected chi connectivity index (χ2v) is 6.82. The summed E-state index contributed by atoms with van der Waals surface area (Å²) in [4.78, 5) is 4.43. The van der Waals surface area contributed by atoms with Gasteiger partial charge in [-0.3, -0.25) is 4.99 Å². The van der Waals surface area contributed by atoms with Crippen molar-refractivity contribution >= 4 is 11.9 Å². The van der Waals surface area contributed by atoms with Gasteiger partial charge < -0.3 is 0 Å². The van der Waals surface area contributed by atoms with Gasteiger partial charge in [0.2, 0.25) is 0 Å². The van der Waals surface area contributed by atoms with Crippen LogP contribution < -0.4 is 0 Å². The van der Waals surface area contributed by atoms with Gasteiger partial charge in [-0.15, -0.1) is 0 Å². The molecule has 2 heteroatoms. The Morgan fingerprint density at radius 3 is 2.25 bits per heavy atom. The van der Waals surface area contributed by atoms with E-state index >= 15 is 0 Å². The number of aryl methyl sites for hydroxylation is 2. The van der Waals surface area contributed by atoms with Crippen LogP contribution in [0, 0.1) is 5.82 Å². The molecule has 0 N–H and O–H groups in total. The van der Waals surface area contributed by atoms with Gasteiger partial charge in [-0.25, -0.2) is 4.39 Å². The summed E-state index contributed by atoms with van der Waals surface area (Å²) < 4.78 is 14.6. The Labute approximate surface area is 167 Å². The van der Waals surface area contributed by atoms with Crippen LogP contribution in [0.2, 0.25) is 0 Å². The van der Waals surface area contributed by atoms with Gasteiger partial charge in [0.25, 0.3) is 0 Å². The highest BCUT2D eigenvalue weighted by atomic mass is 19.1. The summed E-state index contributed by atoms with van der Waals surface area (Å²) in [6, 6.07) is 21.5. The number of hydrogen-bond donors (Lipinski definition) is 0. The maximum Gasteiger partial charge on any atom is 0.133 e. The molecule has 3 aromatic carbocycles. The molecule has 0 unspecified atom stereocenters. The monoisotopic (exact) mass is 371 g/mol. The summed E-state index contributed by atoms with van der Waals surface area (Å²) >= 11 is 0. The second kappa shape index (κ2) is 9.80. The molecule has 1 nitrogen and oxygen atoms in total. The Morgan fingerprint density at radius 1 is 0.893 bits per heavy atom. The van der Waals surface area contributed by atoms with Crippen molar-refractivity contribution in [3.05, 3.63) is 101 Å². The Hall–Kier alpha value is -3.00. The van der Waals surface area contributed by atoms with E-state index in [0.29, 0.717) is 11.3 Å². The number of allylic oxidation sites excluding steroid dienone is 2. The zero-order valence-electron chi connectivity index (χ0n) is 16.5. The van der Waals surface area contributed by atoms with Crippen LogP contribution in [0.4, 0.5) is 10.1 Å². The summed E-state index contributed by atoms with van der Waals surface area (Å²) in [5, 5.41) is 0. The fourth-order valence-electron chi connectivity index (χ4n) is 3.07. The first-order valence-corrected chi connectivity index (χ1v) is 9.82. The number of halogens is 1. The van der Waals surface area contributed by atoms with Gasteiger partial charge in [-0.1, -0.05) is 67.6 Å². The van der Waals surface area contributed by atoms with E-state index in [4.69, 9.17) is 0 Å². The number of hydrogen-bond acceptors (Lipinski definition) is 1.